The molecule has 0 spiro atoms. The largest absolute Gasteiger partial charge is 0.494 e. The fourth-order valence-corrected chi connectivity index (χ4v) is 3.54. The zero-order chi connectivity index (χ0) is 23.2. The molecule has 0 unspecified atom stereocenters. The number of aromatic amines is 1. The Morgan fingerprint density at radius 1 is 1.15 bits per heavy atom. The van der Waals surface area contributed by atoms with Crippen molar-refractivity contribution >= 4 is 5.91 Å². The van der Waals surface area contributed by atoms with Crippen LogP contribution in [0, 0.1) is 5.82 Å². The lowest BCUT2D eigenvalue weighted by molar-refractivity contribution is 0.0917. The third-order valence-corrected chi connectivity index (χ3v) is 5.22. The van der Waals surface area contributed by atoms with Crippen molar-refractivity contribution in [3.05, 3.63) is 90.0 Å². The number of carbonyl (C=O) groups excluding carboxylic acids is 1. The van der Waals surface area contributed by atoms with Crippen LogP contribution in [0.3, 0.4) is 0 Å². The SMILES string of the molecule is COc1cc(-c2cc(-c3ccccc3C(=O)N[C@@H](CO)Cc3ccccn3)[nH]n2)ccc1F. The number of nitrogens with zero attached hydrogens (tertiary/aromatic N) is 2. The fourth-order valence-electron chi connectivity index (χ4n) is 3.54. The van der Waals surface area contributed by atoms with Gasteiger partial charge in [0.1, 0.15) is 0 Å². The Bertz CT molecular complexity index is 1240. The number of H-pyrrole nitrogens is 1. The third-order valence-electron chi connectivity index (χ3n) is 5.22. The van der Waals surface area contributed by atoms with E-state index in [2.05, 4.69) is 20.5 Å². The summed E-state index contributed by atoms with van der Waals surface area (Å²) in [7, 11) is 1.40. The maximum atomic E-state index is 13.7. The predicted molar refractivity (Wildman–Crippen MR) is 122 cm³/mol. The van der Waals surface area contributed by atoms with Crippen molar-refractivity contribution in [3.63, 3.8) is 0 Å². The van der Waals surface area contributed by atoms with E-state index in [1.54, 1.807) is 36.5 Å². The smallest absolute Gasteiger partial charge is 0.252 e. The van der Waals surface area contributed by atoms with E-state index in [1.165, 1.54) is 13.2 Å². The van der Waals surface area contributed by atoms with Crippen molar-refractivity contribution in [3.8, 4) is 28.3 Å². The van der Waals surface area contributed by atoms with Crippen LogP contribution in [-0.4, -0.2) is 46.0 Å². The van der Waals surface area contributed by atoms with E-state index in [0.29, 0.717) is 34.5 Å². The lowest BCUT2D eigenvalue weighted by Gasteiger charge is -2.17. The number of carbonyl (C=O) groups is 1. The van der Waals surface area contributed by atoms with Gasteiger partial charge in [-0.1, -0.05) is 24.3 Å². The molecule has 4 rings (SSSR count). The topological polar surface area (TPSA) is 100 Å². The zero-order valence-electron chi connectivity index (χ0n) is 18.0. The van der Waals surface area contributed by atoms with Crippen LogP contribution in [0.5, 0.6) is 5.75 Å². The third kappa shape index (κ3) is 5.07. The zero-order valence-corrected chi connectivity index (χ0v) is 18.0. The van der Waals surface area contributed by atoms with Crippen LogP contribution in [0.2, 0.25) is 0 Å². The number of halogens is 1. The molecule has 0 bridgehead atoms. The highest BCUT2D eigenvalue weighted by molar-refractivity contribution is 6.00. The van der Waals surface area contributed by atoms with Crippen molar-refractivity contribution in [2.24, 2.45) is 0 Å². The number of benzene rings is 2. The minimum Gasteiger partial charge on any atom is -0.494 e. The summed E-state index contributed by atoms with van der Waals surface area (Å²) in [4.78, 5) is 17.3. The minimum atomic E-state index is -0.482. The number of aromatic nitrogens is 3. The van der Waals surface area contributed by atoms with Crippen LogP contribution in [0.15, 0.2) is 72.9 Å². The highest BCUT2D eigenvalue weighted by Crippen LogP contribution is 2.29. The lowest BCUT2D eigenvalue weighted by atomic mass is 10.0. The number of aliphatic hydroxyl groups excluding tert-OH is 1. The molecule has 0 radical (unpaired) electrons. The Morgan fingerprint density at radius 3 is 2.73 bits per heavy atom. The molecule has 0 saturated heterocycles. The Morgan fingerprint density at radius 2 is 1.97 bits per heavy atom. The second-order valence-electron chi connectivity index (χ2n) is 7.44. The molecule has 4 aromatic rings. The molecule has 2 heterocycles. The summed E-state index contributed by atoms with van der Waals surface area (Å²) in [5, 5.41) is 19.9. The van der Waals surface area contributed by atoms with Gasteiger partial charge in [0, 0.05) is 35.0 Å². The first-order valence-electron chi connectivity index (χ1n) is 10.4. The maximum absolute atomic E-state index is 13.7. The molecule has 0 fully saturated rings. The van der Waals surface area contributed by atoms with Crippen LogP contribution in [0.1, 0.15) is 16.1 Å². The first-order chi connectivity index (χ1) is 16.1. The molecule has 0 aliphatic carbocycles. The average Bonchev–Trinajstić information content (AvgIpc) is 3.34. The second kappa shape index (κ2) is 10.1. The molecule has 2 aromatic heterocycles. The van der Waals surface area contributed by atoms with Crippen LogP contribution >= 0.6 is 0 Å². The summed E-state index contributed by atoms with van der Waals surface area (Å²) in [6, 6.07) is 18.4. The standard InChI is InChI=1S/C25H23FN4O3/c1-33-24-12-16(9-10-21(24)26)22-14-23(30-29-22)19-7-2-3-8-20(19)25(32)28-18(15-31)13-17-6-4-5-11-27-17/h2-12,14,18,31H,13,15H2,1H3,(H,28,32)(H,29,30)/t18-/m1/s1. The Balaban J connectivity index is 1.57. The molecule has 2 aromatic carbocycles. The predicted octanol–water partition coefficient (Wildman–Crippen LogP) is 3.62. The van der Waals surface area contributed by atoms with Gasteiger partial charge in [-0.25, -0.2) is 4.39 Å². The summed E-state index contributed by atoms with van der Waals surface area (Å²) < 4.78 is 18.8. The van der Waals surface area contributed by atoms with Crippen LogP contribution in [-0.2, 0) is 6.42 Å². The number of hydrogen-bond donors (Lipinski definition) is 3. The fraction of sp³-hybridized carbons (Fsp3) is 0.160. The van der Waals surface area contributed by atoms with Crippen molar-refractivity contribution < 1.29 is 19.0 Å². The monoisotopic (exact) mass is 446 g/mol. The Kier molecular flexibility index (Phi) is 6.75. The van der Waals surface area contributed by atoms with E-state index in [-0.39, 0.29) is 18.3 Å². The van der Waals surface area contributed by atoms with Crippen molar-refractivity contribution in [2.75, 3.05) is 13.7 Å². The van der Waals surface area contributed by atoms with E-state index in [9.17, 15) is 14.3 Å². The Hall–Kier alpha value is -4.04. The number of methoxy groups -OCH3 is 1. The molecule has 3 N–H and O–H groups in total. The molecule has 1 amide bonds. The Labute approximate surface area is 190 Å². The van der Waals surface area contributed by atoms with Gasteiger partial charge in [-0.05, 0) is 42.5 Å². The molecule has 1 atom stereocenters. The van der Waals surface area contributed by atoms with Crippen molar-refractivity contribution in [1.29, 1.82) is 0 Å². The number of ether oxygens (including phenoxy) is 1. The molecule has 33 heavy (non-hydrogen) atoms. The normalized spacial score (nSPS) is 11.7. The summed E-state index contributed by atoms with van der Waals surface area (Å²) in [5.41, 5.74) is 3.75. The number of pyridine rings is 1. The van der Waals surface area contributed by atoms with E-state index in [0.717, 1.165) is 5.69 Å². The van der Waals surface area contributed by atoms with Crippen LogP contribution in [0.4, 0.5) is 4.39 Å². The molecular formula is C25H23FN4O3. The number of nitrogens with one attached hydrogen (secondary N) is 2. The summed E-state index contributed by atoms with van der Waals surface area (Å²) in [6.07, 6.45) is 2.08. The molecule has 0 aliphatic rings. The average molecular weight is 446 g/mol. The van der Waals surface area contributed by atoms with E-state index in [1.807, 2.05) is 30.3 Å². The van der Waals surface area contributed by atoms with Crippen molar-refractivity contribution in [1.82, 2.24) is 20.5 Å². The van der Waals surface area contributed by atoms with Crippen LogP contribution in [0.25, 0.3) is 22.5 Å². The van der Waals surface area contributed by atoms with Gasteiger partial charge in [-0.2, -0.15) is 5.10 Å². The molecule has 8 heteroatoms. The first kappa shape index (κ1) is 22.2. The summed E-state index contributed by atoms with van der Waals surface area (Å²) in [6.45, 7) is -0.217. The molecule has 0 aliphatic heterocycles. The summed E-state index contributed by atoms with van der Waals surface area (Å²) in [5.74, 6) is -0.650. The van der Waals surface area contributed by atoms with Crippen LogP contribution < -0.4 is 10.1 Å². The van der Waals surface area contributed by atoms with E-state index in [4.69, 9.17) is 4.74 Å². The first-order valence-corrected chi connectivity index (χ1v) is 10.4. The van der Waals surface area contributed by atoms with E-state index >= 15 is 0 Å². The van der Waals surface area contributed by atoms with Gasteiger partial charge in [-0.3, -0.25) is 14.9 Å². The quantitative estimate of drug-likeness (QED) is 0.384. The number of hydrogen-bond acceptors (Lipinski definition) is 5. The van der Waals surface area contributed by atoms with Gasteiger partial charge in [0.25, 0.3) is 5.91 Å². The highest BCUT2D eigenvalue weighted by Gasteiger charge is 2.19. The second-order valence-corrected chi connectivity index (χ2v) is 7.44. The van der Waals surface area contributed by atoms with E-state index < -0.39 is 11.9 Å². The van der Waals surface area contributed by atoms with Crippen molar-refractivity contribution in [2.45, 2.75) is 12.5 Å². The number of rotatable bonds is 8. The molecule has 7 nitrogen and oxygen atoms in total. The maximum Gasteiger partial charge on any atom is 0.252 e. The lowest BCUT2D eigenvalue weighted by Crippen LogP contribution is -2.39. The number of aliphatic hydroxyl groups is 1. The van der Waals surface area contributed by atoms with Gasteiger partial charge in [0.2, 0.25) is 0 Å². The van der Waals surface area contributed by atoms with Gasteiger partial charge < -0.3 is 15.2 Å². The molecule has 168 valence electrons. The molecular weight excluding hydrogens is 423 g/mol. The summed E-state index contributed by atoms with van der Waals surface area (Å²) >= 11 is 0. The minimum absolute atomic E-state index is 0.125. The highest BCUT2D eigenvalue weighted by atomic mass is 19.1. The molecule has 0 saturated carbocycles. The van der Waals surface area contributed by atoms with Gasteiger partial charge in [0.15, 0.2) is 11.6 Å². The van der Waals surface area contributed by atoms with Gasteiger partial charge >= 0.3 is 0 Å². The van der Waals surface area contributed by atoms with Gasteiger partial charge in [-0.15, -0.1) is 0 Å². The number of amides is 1. The van der Waals surface area contributed by atoms with Gasteiger partial charge in [0.05, 0.1) is 31.1 Å².